The zero-order chi connectivity index (χ0) is 28.5. The van der Waals surface area contributed by atoms with Crippen LogP contribution < -0.4 is 0 Å². The fourth-order valence-electron chi connectivity index (χ4n) is 5.90. The zero-order valence-electron chi connectivity index (χ0n) is 27.1. The highest BCUT2D eigenvalue weighted by atomic mass is 16.5. The second kappa shape index (κ2) is 34.1. The van der Waals surface area contributed by atoms with Crippen LogP contribution in [-0.4, -0.2) is 35.6 Å². The first kappa shape index (κ1) is 38.9. The molecule has 0 saturated heterocycles. The molecule has 0 aliphatic rings. The molecule has 3 heteroatoms. The molecule has 0 aromatic heterocycles. The first-order valence-corrected chi connectivity index (χ1v) is 18.2. The summed E-state index contributed by atoms with van der Waals surface area (Å²) in [6.45, 7) is 4.98. The molecule has 2 atom stereocenters. The Bertz CT molecular complexity index is 390. The van der Waals surface area contributed by atoms with Crippen molar-refractivity contribution in [3.8, 4) is 0 Å². The zero-order valence-corrected chi connectivity index (χ0v) is 27.1. The third kappa shape index (κ3) is 30.7. The monoisotopic (exact) mass is 555 g/mol. The third-order valence-electron chi connectivity index (χ3n) is 8.55. The van der Waals surface area contributed by atoms with E-state index in [0.717, 1.165) is 25.7 Å². The van der Waals surface area contributed by atoms with Gasteiger partial charge in [0.25, 0.3) is 0 Å². The van der Waals surface area contributed by atoms with Crippen LogP contribution in [0.1, 0.15) is 206 Å². The molecule has 0 heterocycles. The van der Waals surface area contributed by atoms with E-state index in [1.165, 1.54) is 167 Å². The Labute approximate surface area is 246 Å². The van der Waals surface area contributed by atoms with Gasteiger partial charge in [-0.15, -0.1) is 0 Å². The normalized spacial score (nSPS) is 13.2. The van der Waals surface area contributed by atoms with Crippen molar-refractivity contribution < 1.29 is 14.9 Å². The van der Waals surface area contributed by atoms with Crippen molar-refractivity contribution in [1.29, 1.82) is 0 Å². The van der Waals surface area contributed by atoms with Gasteiger partial charge in [0.05, 0.1) is 12.2 Å². The number of unbranched alkanes of at least 4 members (excludes halogenated alkanes) is 24. The minimum Gasteiger partial charge on any atom is -0.396 e. The second-order valence-corrected chi connectivity index (χ2v) is 12.5. The van der Waals surface area contributed by atoms with Gasteiger partial charge in [-0.25, -0.2) is 0 Å². The van der Waals surface area contributed by atoms with Crippen LogP contribution in [0.4, 0.5) is 0 Å². The lowest BCUT2D eigenvalue weighted by Gasteiger charge is -2.24. The standard InChI is InChI=1S/C36H74O3/c1-3-5-7-9-11-13-15-17-19-21-23-25-27-29-35(31-33-37)39-36(32-34-38)30-28-26-24-22-20-18-16-14-12-10-8-6-4-2/h35-38H,3-34H2,1-2H3. The molecule has 0 saturated carbocycles. The molecule has 2 N–H and O–H groups in total. The SMILES string of the molecule is CCCCCCCCCCCCCCCC(CCO)OC(CCO)CCCCCCCCCCCCCCC. The van der Waals surface area contributed by atoms with Gasteiger partial charge in [0.1, 0.15) is 0 Å². The molecule has 2 unspecified atom stereocenters. The molecule has 0 aromatic rings. The van der Waals surface area contributed by atoms with Gasteiger partial charge >= 0.3 is 0 Å². The predicted octanol–water partition coefficient (Wildman–Crippen LogP) is 11.5. The van der Waals surface area contributed by atoms with Crippen LogP contribution in [0.2, 0.25) is 0 Å². The van der Waals surface area contributed by atoms with Gasteiger partial charge in [0, 0.05) is 13.2 Å². The van der Waals surface area contributed by atoms with Crippen molar-refractivity contribution in [3.63, 3.8) is 0 Å². The van der Waals surface area contributed by atoms with Gasteiger partial charge in [-0.3, -0.25) is 0 Å². The molecule has 236 valence electrons. The van der Waals surface area contributed by atoms with Crippen LogP contribution in [0.15, 0.2) is 0 Å². The molecule has 0 bridgehead atoms. The second-order valence-electron chi connectivity index (χ2n) is 12.5. The van der Waals surface area contributed by atoms with Gasteiger partial charge in [0.2, 0.25) is 0 Å². The van der Waals surface area contributed by atoms with Gasteiger partial charge in [-0.2, -0.15) is 0 Å². The highest BCUT2D eigenvalue weighted by Crippen LogP contribution is 2.20. The lowest BCUT2D eigenvalue weighted by atomic mass is 10.0. The molecule has 0 spiro atoms. The summed E-state index contributed by atoms with van der Waals surface area (Å²) >= 11 is 0. The highest BCUT2D eigenvalue weighted by Gasteiger charge is 2.16. The van der Waals surface area contributed by atoms with Gasteiger partial charge < -0.3 is 14.9 Å². The minimum atomic E-state index is 0.154. The lowest BCUT2D eigenvalue weighted by Crippen LogP contribution is -2.24. The molecule has 39 heavy (non-hydrogen) atoms. The van der Waals surface area contributed by atoms with Crippen LogP contribution in [0.5, 0.6) is 0 Å². The largest absolute Gasteiger partial charge is 0.396 e. The highest BCUT2D eigenvalue weighted by molar-refractivity contribution is 4.66. The summed E-state index contributed by atoms with van der Waals surface area (Å²) in [7, 11) is 0. The summed E-state index contributed by atoms with van der Waals surface area (Å²) in [5.74, 6) is 0. The van der Waals surface area contributed by atoms with E-state index in [-0.39, 0.29) is 25.4 Å². The van der Waals surface area contributed by atoms with Gasteiger partial charge in [0.15, 0.2) is 0 Å². The minimum absolute atomic E-state index is 0.154. The summed E-state index contributed by atoms with van der Waals surface area (Å²) in [4.78, 5) is 0. The van der Waals surface area contributed by atoms with E-state index in [2.05, 4.69) is 13.8 Å². The Balaban J connectivity index is 3.76. The molecule has 0 amide bonds. The maximum absolute atomic E-state index is 9.55. The number of aliphatic hydroxyl groups is 2. The smallest absolute Gasteiger partial charge is 0.0600 e. The van der Waals surface area contributed by atoms with Crippen molar-refractivity contribution >= 4 is 0 Å². The van der Waals surface area contributed by atoms with Crippen molar-refractivity contribution in [1.82, 2.24) is 0 Å². The maximum Gasteiger partial charge on any atom is 0.0600 e. The number of hydrogen-bond acceptors (Lipinski definition) is 3. The van der Waals surface area contributed by atoms with Crippen LogP contribution in [0, 0.1) is 0 Å². The predicted molar refractivity (Wildman–Crippen MR) is 173 cm³/mol. The Hall–Kier alpha value is -0.120. The molecule has 0 aliphatic carbocycles. The molecular weight excluding hydrogens is 480 g/mol. The molecule has 3 nitrogen and oxygen atoms in total. The topological polar surface area (TPSA) is 49.7 Å². The first-order chi connectivity index (χ1) is 19.3. The van der Waals surface area contributed by atoms with E-state index in [9.17, 15) is 10.2 Å². The van der Waals surface area contributed by atoms with Crippen LogP contribution in [0.3, 0.4) is 0 Å². The van der Waals surface area contributed by atoms with Crippen molar-refractivity contribution in [2.45, 2.75) is 219 Å². The number of rotatable bonds is 34. The van der Waals surface area contributed by atoms with Crippen molar-refractivity contribution in [2.75, 3.05) is 13.2 Å². The van der Waals surface area contributed by atoms with Crippen LogP contribution >= 0.6 is 0 Å². The molecule has 0 radical (unpaired) electrons. The average Bonchev–Trinajstić information content (AvgIpc) is 2.94. The van der Waals surface area contributed by atoms with E-state index in [1.807, 2.05) is 0 Å². The van der Waals surface area contributed by atoms with Crippen molar-refractivity contribution in [3.05, 3.63) is 0 Å². The Kier molecular flexibility index (Phi) is 34.0. The molecule has 0 aliphatic heterocycles. The quantitative estimate of drug-likeness (QED) is 0.0777. The van der Waals surface area contributed by atoms with Crippen LogP contribution in [0.25, 0.3) is 0 Å². The first-order valence-electron chi connectivity index (χ1n) is 18.2. The van der Waals surface area contributed by atoms with E-state index >= 15 is 0 Å². The molecule has 0 rings (SSSR count). The Morgan fingerprint density at radius 3 is 0.795 bits per heavy atom. The fourth-order valence-corrected chi connectivity index (χ4v) is 5.90. The van der Waals surface area contributed by atoms with Gasteiger partial charge in [-0.1, -0.05) is 181 Å². The number of ether oxygens (including phenoxy) is 1. The lowest BCUT2D eigenvalue weighted by molar-refractivity contribution is -0.0419. The van der Waals surface area contributed by atoms with Gasteiger partial charge in [-0.05, 0) is 25.7 Å². The summed E-state index contributed by atoms with van der Waals surface area (Å²) in [5, 5.41) is 19.1. The average molecular weight is 555 g/mol. The molecule has 0 aromatic carbocycles. The number of aliphatic hydroxyl groups excluding tert-OH is 2. The third-order valence-corrected chi connectivity index (χ3v) is 8.55. The van der Waals surface area contributed by atoms with E-state index in [1.54, 1.807) is 0 Å². The van der Waals surface area contributed by atoms with E-state index in [4.69, 9.17) is 4.74 Å². The summed E-state index contributed by atoms with van der Waals surface area (Å²) < 4.78 is 6.43. The van der Waals surface area contributed by atoms with E-state index < -0.39 is 0 Å². The summed E-state index contributed by atoms with van der Waals surface area (Å²) in [5.41, 5.74) is 0. The fraction of sp³-hybridized carbons (Fsp3) is 1.00. The number of hydrogen-bond donors (Lipinski definition) is 2. The van der Waals surface area contributed by atoms with E-state index in [0.29, 0.717) is 0 Å². The Morgan fingerprint density at radius 1 is 0.333 bits per heavy atom. The summed E-state index contributed by atoms with van der Waals surface area (Å²) in [6.07, 6.45) is 39.7. The maximum atomic E-state index is 9.55. The molecule has 0 fully saturated rings. The summed E-state index contributed by atoms with van der Waals surface area (Å²) in [6, 6.07) is 0. The Morgan fingerprint density at radius 2 is 0.564 bits per heavy atom. The van der Waals surface area contributed by atoms with Crippen LogP contribution in [-0.2, 0) is 4.74 Å². The van der Waals surface area contributed by atoms with Crippen molar-refractivity contribution in [2.24, 2.45) is 0 Å². The molecular formula is C36H74O3.